The molecule has 1 aliphatic heterocycles. The molecule has 0 atom stereocenters. The van der Waals surface area contributed by atoms with E-state index in [1.165, 1.54) is 4.68 Å². The average molecular weight is 408 g/mol. The molecule has 1 fully saturated rings. The highest BCUT2D eigenvalue weighted by Gasteiger charge is 2.24. The Labute approximate surface area is 166 Å². The van der Waals surface area contributed by atoms with Gasteiger partial charge < -0.3 is 15.2 Å². The molecule has 2 aromatic rings. The van der Waals surface area contributed by atoms with Crippen molar-refractivity contribution in [2.45, 2.75) is 13.5 Å². The number of aromatic nitrogens is 2. The lowest BCUT2D eigenvalue weighted by atomic mass is 10.1. The minimum absolute atomic E-state index is 0.0359. The van der Waals surface area contributed by atoms with E-state index in [4.69, 9.17) is 15.2 Å². The molecule has 0 spiro atoms. The first-order chi connectivity index (χ1) is 13.9. The highest BCUT2D eigenvalue weighted by Crippen LogP contribution is 2.19. The summed E-state index contributed by atoms with van der Waals surface area (Å²) in [6.45, 7) is 4.90. The van der Waals surface area contributed by atoms with Gasteiger partial charge in [-0.15, -0.1) is 0 Å². The molecule has 0 saturated carbocycles. The van der Waals surface area contributed by atoms with E-state index in [-0.39, 0.29) is 11.4 Å². The lowest BCUT2D eigenvalue weighted by Crippen LogP contribution is -2.38. The molecule has 8 nitrogen and oxygen atoms in total. The number of ether oxygens (including phenoxy) is 2. The van der Waals surface area contributed by atoms with Crippen LogP contribution >= 0.6 is 0 Å². The summed E-state index contributed by atoms with van der Waals surface area (Å²) in [6, 6.07) is 3.06. The normalized spacial score (nSPS) is 14.7. The molecule has 3 rings (SSSR count). The minimum atomic E-state index is -1.02. The fourth-order valence-corrected chi connectivity index (χ4v) is 3.12. The number of nitrogens with two attached hydrogens (primary N) is 1. The first-order valence-corrected chi connectivity index (χ1v) is 9.15. The fraction of sp³-hybridized carbons (Fsp3) is 0.421. The van der Waals surface area contributed by atoms with Gasteiger partial charge in [-0.2, -0.15) is 5.10 Å². The van der Waals surface area contributed by atoms with Gasteiger partial charge in [0.25, 0.3) is 0 Å². The number of hydrogen-bond acceptors (Lipinski definition) is 7. The molecule has 29 heavy (non-hydrogen) atoms. The van der Waals surface area contributed by atoms with Gasteiger partial charge in [-0.05, 0) is 19.1 Å². The zero-order valence-electron chi connectivity index (χ0n) is 16.0. The SMILES string of the molecule is Cc1nn(CCN2CCOCC2)c(N)c1C(=O)OCC(=O)c1c(F)cccc1F. The Hall–Kier alpha value is -2.85. The van der Waals surface area contributed by atoms with Gasteiger partial charge in [0.2, 0.25) is 5.78 Å². The monoisotopic (exact) mass is 408 g/mol. The third-order valence-electron chi connectivity index (χ3n) is 4.68. The van der Waals surface area contributed by atoms with Crippen molar-refractivity contribution in [2.24, 2.45) is 0 Å². The largest absolute Gasteiger partial charge is 0.454 e. The number of benzene rings is 1. The Kier molecular flexibility index (Phi) is 6.55. The molecule has 0 amide bonds. The lowest BCUT2D eigenvalue weighted by molar-refractivity contribution is 0.0360. The van der Waals surface area contributed by atoms with Gasteiger partial charge in [-0.1, -0.05) is 6.07 Å². The van der Waals surface area contributed by atoms with Crippen molar-refractivity contribution < 1.29 is 27.8 Å². The van der Waals surface area contributed by atoms with Crippen LogP contribution in [-0.2, 0) is 16.0 Å². The zero-order valence-corrected chi connectivity index (χ0v) is 16.0. The second kappa shape index (κ2) is 9.10. The second-order valence-electron chi connectivity index (χ2n) is 6.62. The quantitative estimate of drug-likeness (QED) is 0.546. The van der Waals surface area contributed by atoms with E-state index in [2.05, 4.69) is 10.00 Å². The number of nitrogen functional groups attached to an aromatic ring is 1. The first kappa shape index (κ1) is 20.9. The Morgan fingerprint density at radius 1 is 1.17 bits per heavy atom. The third kappa shape index (κ3) is 4.77. The molecule has 2 N–H and O–H groups in total. The van der Waals surface area contributed by atoms with Crippen molar-refractivity contribution in [3.8, 4) is 0 Å². The second-order valence-corrected chi connectivity index (χ2v) is 6.62. The van der Waals surface area contributed by atoms with E-state index in [9.17, 15) is 18.4 Å². The summed E-state index contributed by atoms with van der Waals surface area (Å²) in [4.78, 5) is 26.6. The standard InChI is InChI=1S/C19H22F2N4O4/c1-12-16(18(22)25(23-12)6-5-24-7-9-28-10-8-24)19(27)29-11-15(26)17-13(20)3-2-4-14(17)21/h2-4H,5-11,22H2,1H3. The molecule has 1 saturated heterocycles. The van der Waals surface area contributed by atoms with Crippen LogP contribution in [-0.4, -0.2) is 65.9 Å². The molecular formula is C19H22F2N4O4. The van der Waals surface area contributed by atoms with Gasteiger partial charge in [0, 0.05) is 19.6 Å². The van der Waals surface area contributed by atoms with Crippen molar-refractivity contribution in [1.29, 1.82) is 0 Å². The molecule has 0 bridgehead atoms. The summed E-state index contributed by atoms with van der Waals surface area (Å²) in [5.41, 5.74) is 5.68. The Balaban J connectivity index is 1.63. The number of carbonyl (C=O) groups excluding carboxylic acids is 2. The summed E-state index contributed by atoms with van der Waals surface area (Å²) in [6.07, 6.45) is 0. The first-order valence-electron chi connectivity index (χ1n) is 9.15. The van der Waals surface area contributed by atoms with Crippen molar-refractivity contribution in [1.82, 2.24) is 14.7 Å². The van der Waals surface area contributed by atoms with Crippen LogP contribution < -0.4 is 5.73 Å². The number of anilines is 1. The number of morpholine rings is 1. The van der Waals surface area contributed by atoms with Gasteiger partial charge in [-0.25, -0.2) is 18.3 Å². The molecule has 1 aromatic carbocycles. The van der Waals surface area contributed by atoms with Crippen molar-refractivity contribution in [3.05, 3.63) is 46.7 Å². The number of nitrogens with zero attached hydrogens (tertiary/aromatic N) is 3. The molecule has 1 aliphatic rings. The number of ketones is 1. The molecule has 156 valence electrons. The van der Waals surface area contributed by atoms with Crippen LogP contribution in [0, 0.1) is 18.6 Å². The van der Waals surface area contributed by atoms with Crippen molar-refractivity contribution in [2.75, 3.05) is 45.2 Å². The van der Waals surface area contributed by atoms with E-state index >= 15 is 0 Å². The third-order valence-corrected chi connectivity index (χ3v) is 4.68. The van der Waals surface area contributed by atoms with E-state index < -0.39 is 35.6 Å². The van der Waals surface area contributed by atoms with Crippen molar-refractivity contribution >= 4 is 17.6 Å². The predicted octanol–water partition coefficient (Wildman–Crippen LogP) is 1.42. The number of halogens is 2. The lowest BCUT2D eigenvalue weighted by Gasteiger charge is -2.26. The molecule has 0 unspecified atom stereocenters. The summed E-state index contributed by atoms with van der Waals surface area (Å²) in [7, 11) is 0. The highest BCUT2D eigenvalue weighted by molar-refractivity contribution is 6.01. The Bertz CT molecular complexity index is 890. The van der Waals surface area contributed by atoms with Crippen LogP contribution in [0.1, 0.15) is 26.4 Å². The molecule has 2 heterocycles. The van der Waals surface area contributed by atoms with Gasteiger partial charge in [0.15, 0.2) is 6.61 Å². The van der Waals surface area contributed by atoms with Crippen LogP contribution in [0.25, 0.3) is 0 Å². The van der Waals surface area contributed by atoms with Crippen molar-refractivity contribution in [3.63, 3.8) is 0 Å². The maximum Gasteiger partial charge on any atom is 0.344 e. The number of carbonyl (C=O) groups is 2. The van der Waals surface area contributed by atoms with E-state index in [1.54, 1.807) is 6.92 Å². The minimum Gasteiger partial charge on any atom is -0.454 e. The maximum absolute atomic E-state index is 13.7. The number of esters is 1. The maximum atomic E-state index is 13.7. The topological polar surface area (TPSA) is 99.7 Å². The number of Topliss-reactive ketones (excluding diaryl/α,β-unsaturated/α-hetero) is 1. The van der Waals surface area contributed by atoms with Gasteiger partial charge in [0.1, 0.15) is 23.0 Å². The van der Waals surface area contributed by atoms with Crippen LogP contribution in [0.4, 0.5) is 14.6 Å². The fourth-order valence-electron chi connectivity index (χ4n) is 3.12. The molecule has 0 aliphatic carbocycles. The van der Waals surface area contributed by atoms with E-state index in [1.807, 2.05) is 0 Å². The van der Waals surface area contributed by atoms with E-state index in [0.717, 1.165) is 31.3 Å². The Morgan fingerprint density at radius 3 is 2.48 bits per heavy atom. The summed E-state index contributed by atoms with van der Waals surface area (Å²) >= 11 is 0. The average Bonchev–Trinajstić information content (AvgIpc) is 2.98. The zero-order chi connectivity index (χ0) is 21.0. The highest BCUT2D eigenvalue weighted by atomic mass is 19.1. The molecular weight excluding hydrogens is 386 g/mol. The molecule has 10 heteroatoms. The molecule has 1 aromatic heterocycles. The van der Waals surface area contributed by atoms with E-state index in [0.29, 0.717) is 32.0 Å². The molecule has 0 radical (unpaired) electrons. The van der Waals surface area contributed by atoms with Gasteiger partial charge in [-0.3, -0.25) is 9.69 Å². The van der Waals surface area contributed by atoms with Crippen LogP contribution in [0.3, 0.4) is 0 Å². The summed E-state index contributed by atoms with van der Waals surface area (Å²) in [5, 5.41) is 4.26. The summed E-state index contributed by atoms with van der Waals surface area (Å²) < 4.78 is 39.1. The number of hydrogen-bond donors (Lipinski definition) is 1. The predicted molar refractivity (Wildman–Crippen MR) is 99.6 cm³/mol. The smallest absolute Gasteiger partial charge is 0.344 e. The van der Waals surface area contributed by atoms with Crippen LogP contribution in [0.5, 0.6) is 0 Å². The van der Waals surface area contributed by atoms with Gasteiger partial charge >= 0.3 is 5.97 Å². The Morgan fingerprint density at radius 2 is 1.83 bits per heavy atom. The number of aryl methyl sites for hydroxylation is 1. The summed E-state index contributed by atoms with van der Waals surface area (Å²) in [5.74, 6) is -3.77. The van der Waals surface area contributed by atoms with Crippen LogP contribution in [0.15, 0.2) is 18.2 Å². The van der Waals surface area contributed by atoms with Gasteiger partial charge in [0.05, 0.1) is 31.0 Å². The van der Waals surface area contributed by atoms with Crippen LogP contribution in [0.2, 0.25) is 0 Å². The number of rotatable bonds is 7.